The van der Waals surface area contributed by atoms with E-state index in [1.165, 1.54) is 12.7 Å². The van der Waals surface area contributed by atoms with Crippen LogP contribution in [0.1, 0.15) is 18.7 Å². The molecule has 0 bridgehead atoms. The van der Waals surface area contributed by atoms with E-state index >= 15 is 0 Å². The van der Waals surface area contributed by atoms with Gasteiger partial charge in [-0.3, -0.25) is 5.10 Å². The van der Waals surface area contributed by atoms with Crippen LogP contribution in [0.2, 0.25) is 0 Å². The molecule has 2 rings (SSSR count). The van der Waals surface area contributed by atoms with E-state index in [1.54, 1.807) is 0 Å². The average Bonchev–Trinajstić information content (AvgIpc) is 2.76. The molecular formula is C11H21N5O2S. The topological polar surface area (TPSA) is 91.0 Å². The Bertz CT molecular complexity index is 511. The summed E-state index contributed by atoms with van der Waals surface area (Å²) in [4.78, 5) is 6.39. The minimum atomic E-state index is -3.08. The molecule has 0 radical (unpaired) electrons. The second kappa shape index (κ2) is 5.87. The van der Waals surface area contributed by atoms with Crippen LogP contribution in [0.3, 0.4) is 0 Å². The first-order valence-corrected chi connectivity index (χ1v) is 8.52. The average molecular weight is 287 g/mol. The minimum absolute atomic E-state index is 0.0895. The number of H-pyrrole nitrogens is 1. The lowest BCUT2D eigenvalue weighted by atomic mass is 9.98. The van der Waals surface area contributed by atoms with Gasteiger partial charge in [0, 0.05) is 19.3 Å². The number of nitrogens with one attached hydrogen (secondary N) is 2. The fourth-order valence-corrected chi connectivity index (χ4v) is 3.07. The van der Waals surface area contributed by atoms with Crippen molar-refractivity contribution in [3.8, 4) is 0 Å². The van der Waals surface area contributed by atoms with Crippen molar-refractivity contribution < 1.29 is 8.42 Å². The van der Waals surface area contributed by atoms with Crippen LogP contribution >= 0.6 is 0 Å². The van der Waals surface area contributed by atoms with Crippen molar-refractivity contribution in [1.82, 2.24) is 20.5 Å². The Morgan fingerprint density at radius 2 is 2.32 bits per heavy atom. The number of rotatable bonds is 5. The standard InChI is InChI=1S/C11H21N5O2S/c1-12-6-9-4-3-5-16(7-9)11-13-10(14-15-11)8-19(2,17)18/h9,12H,3-8H2,1-2H3,(H,13,14,15). The zero-order chi connectivity index (χ0) is 13.9. The molecule has 2 heterocycles. The highest BCUT2D eigenvalue weighted by Gasteiger charge is 2.22. The molecule has 0 saturated carbocycles. The molecule has 1 aromatic rings. The van der Waals surface area contributed by atoms with Crippen LogP contribution in [-0.4, -0.2) is 56.5 Å². The van der Waals surface area contributed by atoms with Crippen LogP contribution in [0.5, 0.6) is 0 Å². The molecule has 1 saturated heterocycles. The first-order chi connectivity index (χ1) is 8.98. The summed E-state index contributed by atoms with van der Waals surface area (Å²) in [6.07, 6.45) is 3.51. The number of aromatic amines is 1. The highest BCUT2D eigenvalue weighted by molar-refractivity contribution is 7.89. The maximum Gasteiger partial charge on any atom is 0.244 e. The Hall–Kier alpha value is -1.15. The summed E-state index contributed by atoms with van der Waals surface area (Å²) in [6.45, 7) is 2.82. The summed E-state index contributed by atoms with van der Waals surface area (Å²) in [5.41, 5.74) is 0. The Kier molecular flexibility index (Phi) is 4.41. The molecule has 0 spiro atoms. The highest BCUT2D eigenvalue weighted by atomic mass is 32.2. The molecule has 19 heavy (non-hydrogen) atoms. The summed E-state index contributed by atoms with van der Waals surface area (Å²) in [7, 11) is -1.12. The van der Waals surface area contributed by atoms with Gasteiger partial charge in [-0.2, -0.15) is 4.98 Å². The van der Waals surface area contributed by atoms with Crippen molar-refractivity contribution in [3.63, 3.8) is 0 Å². The number of nitrogens with zero attached hydrogens (tertiary/aromatic N) is 3. The molecular weight excluding hydrogens is 266 g/mol. The van der Waals surface area contributed by atoms with Gasteiger partial charge in [-0.25, -0.2) is 8.42 Å². The van der Waals surface area contributed by atoms with Gasteiger partial charge in [-0.05, 0) is 32.4 Å². The minimum Gasteiger partial charge on any atom is -0.339 e. The number of hydrogen-bond acceptors (Lipinski definition) is 6. The van der Waals surface area contributed by atoms with E-state index < -0.39 is 9.84 Å². The summed E-state index contributed by atoms with van der Waals surface area (Å²) in [5.74, 6) is 1.52. The van der Waals surface area contributed by atoms with E-state index in [0.29, 0.717) is 17.7 Å². The van der Waals surface area contributed by atoms with Gasteiger partial charge in [0.25, 0.3) is 0 Å². The summed E-state index contributed by atoms with van der Waals surface area (Å²) >= 11 is 0. The molecule has 1 unspecified atom stereocenters. The first kappa shape index (κ1) is 14.3. The summed E-state index contributed by atoms with van der Waals surface area (Å²) in [6, 6.07) is 0. The van der Waals surface area contributed by atoms with Crippen LogP contribution < -0.4 is 10.2 Å². The molecule has 2 N–H and O–H groups in total. The second-order valence-electron chi connectivity index (χ2n) is 5.16. The fourth-order valence-electron chi connectivity index (χ4n) is 2.44. The van der Waals surface area contributed by atoms with Gasteiger partial charge in [0.1, 0.15) is 11.6 Å². The van der Waals surface area contributed by atoms with Crippen molar-refractivity contribution in [2.45, 2.75) is 18.6 Å². The summed E-state index contributed by atoms with van der Waals surface area (Å²) in [5, 5.41) is 10.0. The van der Waals surface area contributed by atoms with Crippen LogP contribution in [0, 0.1) is 5.92 Å². The third kappa shape index (κ3) is 4.17. The van der Waals surface area contributed by atoms with Gasteiger partial charge in [0.2, 0.25) is 5.95 Å². The molecule has 108 valence electrons. The van der Waals surface area contributed by atoms with Gasteiger partial charge in [-0.15, -0.1) is 5.10 Å². The molecule has 7 nitrogen and oxygen atoms in total. The Balaban J connectivity index is 2.01. The van der Waals surface area contributed by atoms with E-state index in [9.17, 15) is 8.42 Å². The van der Waals surface area contributed by atoms with Crippen LogP contribution in [0.25, 0.3) is 0 Å². The Labute approximate surface area is 113 Å². The lowest BCUT2D eigenvalue weighted by Crippen LogP contribution is -2.39. The maximum absolute atomic E-state index is 11.2. The molecule has 1 fully saturated rings. The maximum atomic E-state index is 11.2. The van der Waals surface area contributed by atoms with Crippen molar-refractivity contribution in [2.75, 3.05) is 37.8 Å². The number of sulfone groups is 1. The SMILES string of the molecule is CNCC1CCCN(c2n[nH]c(CS(C)(=O)=O)n2)C1. The molecule has 0 amide bonds. The van der Waals surface area contributed by atoms with Gasteiger partial charge >= 0.3 is 0 Å². The Morgan fingerprint density at radius 3 is 3.00 bits per heavy atom. The third-order valence-corrected chi connectivity index (χ3v) is 4.01. The van der Waals surface area contributed by atoms with Crippen LogP contribution in [0.15, 0.2) is 0 Å². The van der Waals surface area contributed by atoms with E-state index in [1.807, 2.05) is 7.05 Å². The monoisotopic (exact) mass is 287 g/mol. The Morgan fingerprint density at radius 1 is 1.53 bits per heavy atom. The second-order valence-corrected chi connectivity index (χ2v) is 7.30. The van der Waals surface area contributed by atoms with Gasteiger partial charge in [-0.1, -0.05) is 0 Å². The summed E-state index contributed by atoms with van der Waals surface area (Å²) < 4.78 is 22.4. The predicted molar refractivity (Wildman–Crippen MR) is 73.8 cm³/mol. The number of anilines is 1. The van der Waals surface area contributed by atoms with Crippen molar-refractivity contribution >= 4 is 15.8 Å². The van der Waals surface area contributed by atoms with Gasteiger partial charge in [0.05, 0.1) is 0 Å². The van der Waals surface area contributed by atoms with Crippen molar-refractivity contribution in [2.24, 2.45) is 5.92 Å². The van der Waals surface area contributed by atoms with Crippen molar-refractivity contribution in [3.05, 3.63) is 5.82 Å². The fraction of sp³-hybridized carbons (Fsp3) is 0.818. The normalized spacial score (nSPS) is 20.7. The number of hydrogen-bond donors (Lipinski definition) is 2. The lowest BCUT2D eigenvalue weighted by Gasteiger charge is -2.31. The first-order valence-electron chi connectivity index (χ1n) is 6.46. The van der Waals surface area contributed by atoms with E-state index in [4.69, 9.17) is 0 Å². The molecule has 0 aliphatic carbocycles. The van der Waals surface area contributed by atoms with E-state index in [0.717, 1.165) is 26.1 Å². The molecule has 1 atom stereocenters. The highest BCUT2D eigenvalue weighted by Crippen LogP contribution is 2.20. The van der Waals surface area contributed by atoms with Crippen LogP contribution in [-0.2, 0) is 15.6 Å². The number of piperidine rings is 1. The smallest absolute Gasteiger partial charge is 0.244 e. The van der Waals surface area contributed by atoms with Crippen molar-refractivity contribution in [1.29, 1.82) is 0 Å². The molecule has 1 aliphatic rings. The third-order valence-electron chi connectivity index (χ3n) is 3.21. The molecule has 1 aromatic heterocycles. The predicted octanol–water partition coefficient (Wildman–Crippen LogP) is -0.215. The zero-order valence-electron chi connectivity index (χ0n) is 11.4. The number of aromatic nitrogens is 3. The van der Waals surface area contributed by atoms with E-state index in [2.05, 4.69) is 25.4 Å². The molecule has 8 heteroatoms. The van der Waals surface area contributed by atoms with Gasteiger partial charge in [0.15, 0.2) is 9.84 Å². The largest absolute Gasteiger partial charge is 0.339 e. The molecule has 0 aromatic carbocycles. The van der Waals surface area contributed by atoms with Gasteiger partial charge < -0.3 is 10.2 Å². The zero-order valence-corrected chi connectivity index (χ0v) is 12.2. The molecule has 1 aliphatic heterocycles. The quantitative estimate of drug-likeness (QED) is 0.778. The lowest BCUT2D eigenvalue weighted by molar-refractivity contribution is 0.399. The van der Waals surface area contributed by atoms with Crippen LogP contribution in [0.4, 0.5) is 5.95 Å². The van der Waals surface area contributed by atoms with E-state index in [-0.39, 0.29) is 5.75 Å².